The van der Waals surface area contributed by atoms with Crippen LogP contribution in [0, 0.1) is 5.92 Å². The van der Waals surface area contributed by atoms with Gasteiger partial charge in [-0.15, -0.1) is 0 Å². The van der Waals surface area contributed by atoms with Gasteiger partial charge in [-0.2, -0.15) is 0 Å². The number of para-hydroxylation sites is 1. The minimum Gasteiger partial charge on any atom is -0.481 e. The molecule has 1 unspecified atom stereocenters. The molecule has 34 heavy (non-hydrogen) atoms. The molecule has 1 aromatic heterocycles. The highest BCUT2D eigenvalue weighted by molar-refractivity contribution is 5.88. The van der Waals surface area contributed by atoms with Crippen molar-refractivity contribution in [2.24, 2.45) is 5.92 Å². The predicted molar refractivity (Wildman–Crippen MR) is 130 cm³/mol. The first-order valence-electron chi connectivity index (χ1n) is 11.9. The van der Waals surface area contributed by atoms with Crippen LogP contribution >= 0.6 is 0 Å². The molecule has 3 rings (SSSR count). The first-order valence-corrected chi connectivity index (χ1v) is 11.9. The van der Waals surface area contributed by atoms with Gasteiger partial charge in [0.1, 0.15) is 11.3 Å². The zero-order valence-corrected chi connectivity index (χ0v) is 20.4. The molecule has 2 aromatic rings. The lowest BCUT2D eigenvalue weighted by molar-refractivity contribution is -0.920. The number of likely N-dealkylation sites (N-methyl/N-ethyl adjacent to an activating group) is 1. The first kappa shape index (κ1) is 25.6. The van der Waals surface area contributed by atoms with Gasteiger partial charge in [-0.1, -0.05) is 32.0 Å². The van der Waals surface area contributed by atoms with Gasteiger partial charge in [0.2, 0.25) is 0 Å². The van der Waals surface area contributed by atoms with Crippen LogP contribution in [-0.2, 0) is 14.4 Å². The molecule has 1 aromatic carbocycles. The monoisotopic (exact) mass is 470 g/mol. The molecule has 2 amide bonds. The molecule has 9 nitrogen and oxygen atoms in total. The third-order valence-electron chi connectivity index (χ3n) is 6.36. The number of nitrogens with zero attached hydrogens (tertiary/aromatic N) is 3. The fraction of sp³-hybridized carbons (Fsp3) is 0.520. The summed E-state index contributed by atoms with van der Waals surface area (Å²) in [7, 11) is 1.89. The molecular weight excluding hydrogens is 434 g/mol. The third kappa shape index (κ3) is 6.74. The number of Topliss-reactive ketones (excluding diaryl/α,β-unsaturated/α-hetero) is 1. The molecule has 2 N–H and O–H groups in total. The van der Waals surface area contributed by atoms with E-state index in [1.54, 1.807) is 17.2 Å². The Hall–Kier alpha value is -3.04. The van der Waals surface area contributed by atoms with Crippen molar-refractivity contribution in [1.29, 1.82) is 0 Å². The molecule has 1 atom stereocenters. The Labute approximate surface area is 201 Å². The molecular formula is C25H36N5O4+. The van der Waals surface area contributed by atoms with E-state index in [4.69, 9.17) is 4.74 Å². The number of carbonyl (C=O) groups excluding carboxylic acids is 3. The lowest BCUT2D eigenvalue weighted by Crippen LogP contribution is -2.64. The Morgan fingerprint density at radius 2 is 2.03 bits per heavy atom. The molecule has 2 heterocycles. The van der Waals surface area contributed by atoms with Gasteiger partial charge in [0.25, 0.3) is 11.8 Å². The Morgan fingerprint density at radius 3 is 2.76 bits per heavy atom. The molecule has 1 saturated heterocycles. The maximum atomic E-state index is 13.2. The number of fused-ring (bicyclic) bond motifs is 1. The lowest BCUT2D eigenvalue weighted by atomic mass is 10.1. The van der Waals surface area contributed by atoms with E-state index in [0.717, 1.165) is 25.0 Å². The van der Waals surface area contributed by atoms with Crippen LogP contribution < -0.4 is 15.4 Å². The predicted octanol–water partition coefficient (Wildman–Crippen LogP) is 0.833. The first-order chi connectivity index (χ1) is 16.3. The largest absolute Gasteiger partial charge is 0.481 e. The fourth-order valence-electron chi connectivity index (χ4n) is 4.13. The fourth-order valence-corrected chi connectivity index (χ4v) is 4.13. The molecule has 184 valence electrons. The van der Waals surface area contributed by atoms with E-state index in [2.05, 4.69) is 15.6 Å². The number of nitrogens with one attached hydrogen (secondary N) is 2. The molecule has 1 fully saturated rings. The number of aromatic nitrogens is 1. The van der Waals surface area contributed by atoms with Crippen LogP contribution in [0.3, 0.4) is 0 Å². The van der Waals surface area contributed by atoms with Crippen molar-refractivity contribution >= 4 is 28.5 Å². The summed E-state index contributed by atoms with van der Waals surface area (Å²) in [6.07, 6.45) is 1.69. The van der Waals surface area contributed by atoms with Crippen molar-refractivity contribution in [2.45, 2.75) is 13.8 Å². The number of amides is 2. The van der Waals surface area contributed by atoms with Crippen LogP contribution in [0.5, 0.6) is 5.75 Å². The summed E-state index contributed by atoms with van der Waals surface area (Å²) in [6.45, 7) is 7.83. The zero-order chi connectivity index (χ0) is 24.6. The standard InChI is InChI=1S/C25H35N5O4/c1-19(2)21(31)16-29(12-15-30(13-10-26-3)14-11-27-23(32)17-30)24(33)18-34-22-8-4-6-20-7-5-9-28-25(20)22/h4-9,19,26H,10-18H2,1-3H3/p+1. The summed E-state index contributed by atoms with van der Waals surface area (Å²) >= 11 is 0. The number of hydrogen-bond acceptors (Lipinski definition) is 6. The Balaban J connectivity index is 1.71. The summed E-state index contributed by atoms with van der Waals surface area (Å²) < 4.78 is 6.44. The van der Waals surface area contributed by atoms with Gasteiger partial charge in [-0.05, 0) is 19.2 Å². The van der Waals surface area contributed by atoms with E-state index in [9.17, 15) is 14.4 Å². The van der Waals surface area contributed by atoms with Gasteiger partial charge in [0.05, 0.1) is 39.3 Å². The zero-order valence-electron chi connectivity index (χ0n) is 20.4. The van der Waals surface area contributed by atoms with Crippen molar-refractivity contribution in [2.75, 3.05) is 66.0 Å². The van der Waals surface area contributed by atoms with Gasteiger partial charge >= 0.3 is 0 Å². The minimum atomic E-state index is -0.254. The van der Waals surface area contributed by atoms with Gasteiger partial charge in [-0.3, -0.25) is 19.4 Å². The van der Waals surface area contributed by atoms with Crippen molar-refractivity contribution in [3.63, 3.8) is 0 Å². The van der Waals surface area contributed by atoms with Crippen molar-refractivity contribution in [3.8, 4) is 5.75 Å². The maximum Gasteiger partial charge on any atom is 0.275 e. The third-order valence-corrected chi connectivity index (χ3v) is 6.36. The number of ether oxygens (including phenoxy) is 1. The Kier molecular flexibility index (Phi) is 8.95. The van der Waals surface area contributed by atoms with Gasteiger partial charge in [0.15, 0.2) is 18.9 Å². The van der Waals surface area contributed by atoms with Crippen molar-refractivity contribution in [3.05, 3.63) is 36.5 Å². The van der Waals surface area contributed by atoms with E-state index in [0.29, 0.717) is 41.9 Å². The summed E-state index contributed by atoms with van der Waals surface area (Å²) in [4.78, 5) is 43.8. The average molecular weight is 471 g/mol. The number of piperazine rings is 1. The Bertz CT molecular complexity index is 1010. The van der Waals surface area contributed by atoms with Gasteiger partial charge in [0, 0.05) is 24.0 Å². The molecule has 0 saturated carbocycles. The smallest absolute Gasteiger partial charge is 0.275 e. The molecule has 0 aliphatic carbocycles. The molecule has 1 aliphatic rings. The second kappa shape index (κ2) is 11.9. The quantitative estimate of drug-likeness (QED) is 0.446. The van der Waals surface area contributed by atoms with Gasteiger partial charge < -0.3 is 24.8 Å². The highest BCUT2D eigenvalue weighted by atomic mass is 16.5. The summed E-state index contributed by atoms with van der Waals surface area (Å²) in [6, 6.07) is 9.38. The number of benzene rings is 1. The van der Waals surface area contributed by atoms with Crippen LogP contribution in [0.2, 0.25) is 0 Å². The number of carbonyl (C=O) groups is 3. The van der Waals surface area contributed by atoms with Crippen LogP contribution in [0.4, 0.5) is 0 Å². The minimum absolute atomic E-state index is 0.00154. The maximum absolute atomic E-state index is 13.2. The molecule has 0 spiro atoms. The van der Waals surface area contributed by atoms with Gasteiger partial charge in [-0.25, -0.2) is 0 Å². The van der Waals surface area contributed by atoms with Crippen LogP contribution in [-0.4, -0.2) is 98.0 Å². The number of hydrogen-bond donors (Lipinski definition) is 2. The highest BCUT2D eigenvalue weighted by Crippen LogP contribution is 2.23. The molecule has 0 radical (unpaired) electrons. The van der Waals surface area contributed by atoms with Crippen LogP contribution in [0.15, 0.2) is 36.5 Å². The normalized spacial score (nSPS) is 18.1. The average Bonchev–Trinajstić information content (AvgIpc) is 2.83. The number of quaternary nitrogens is 1. The topological polar surface area (TPSA) is 101 Å². The van der Waals surface area contributed by atoms with E-state index in [-0.39, 0.29) is 36.7 Å². The van der Waals surface area contributed by atoms with E-state index in [1.807, 2.05) is 45.2 Å². The van der Waals surface area contributed by atoms with Crippen LogP contribution in [0.25, 0.3) is 10.9 Å². The summed E-state index contributed by atoms with van der Waals surface area (Å²) in [5.41, 5.74) is 0.693. The van der Waals surface area contributed by atoms with E-state index >= 15 is 0 Å². The lowest BCUT2D eigenvalue weighted by Gasteiger charge is -2.42. The summed E-state index contributed by atoms with van der Waals surface area (Å²) in [5, 5.41) is 6.97. The number of pyridine rings is 1. The van der Waals surface area contributed by atoms with Crippen LogP contribution in [0.1, 0.15) is 13.8 Å². The number of ketones is 1. The van der Waals surface area contributed by atoms with E-state index < -0.39 is 0 Å². The highest BCUT2D eigenvalue weighted by Gasteiger charge is 2.34. The Morgan fingerprint density at radius 1 is 1.24 bits per heavy atom. The molecule has 9 heteroatoms. The molecule has 0 bridgehead atoms. The summed E-state index contributed by atoms with van der Waals surface area (Å²) in [5.74, 6) is 0.122. The van der Waals surface area contributed by atoms with E-state index in [1.165, 1.54) is 0 Å². The second-order valence-electron chi connectivity index (χ2n) is 9.18. The van der Waals surface area contributed by atoms with Crippen molar-refractivity contribution in [1.82, 2.24) is 20.5 Å². The molecule has 1 aliphatic heterocycles. The second-order valence-corrected chi connectivity index (χ2v) is 9.18. The SMILES string of the molecule is CNCC[N+]1(CCN(CC(=O)C(C)C)C(=O)COc2cccc3cccnc23)CCNC(=O)C1. The van der Waals surface area contributed by atoms with Crippen molar-refractivity contribution < 1.29 is 23.6 Å². The number of rotatable bonds is 12.